The molecule has 2 aliphatic rings. The molecule has 4 heterocycles. The predicted molar refractivity (Wildman–Crippen MR) is 136 cm³/mol. The number of nitrogens with one attached hydrogen (secondary N) is 2. The van der Waals surface area contributed by atoms with E-state index >= 15 is 0 Å². The summed E-state index contributed by atoms with van der Waals surface area (Å²) >= 11 is 7.97. The summed E-state index contributed by atoms with van der Waals surface area (Å²) in [6.45, 7) is 8.12. The number of nitrogens with zero attached hydrogens (tertiary/aromatic N) is 5. The highest BCUT2D eigenvalue weighted by Gasteiger charge is 2.33. The monoisotopic (exact) mass is 495 g/mol. The van der Waals surface area contributed by atoms with Gasteiger partial charge in [-0.1, -0.05) is 49.8 Å². The maximum Gasteiger partial charge on any atom is 0.278 e. The third kappa shape index (κ3) is 3.72. The van der Waals surface area contributed by atoms with E-state index in [1.807, 2.05) is 10.7 Å². The summed E-state index contributed by atoms with van der Waals surface area (Å²) in [4.78, 5) is 27.4. The molecule has 34 heavy (non-hydrogen) atoms. The van der Waals surface area contributed by atoms with Crippen LogP contribution in [0.2, 0.25) is 4.34 Å². The van der Waals surface area contributed by atoms with Crippen molar-refractivity contribution in [2.24, 2.45) is 0 Å². The molecule has 1 fully saturated rings. The molecule has 0 atom stereocenters. The van der Waals surface area contributed by atoms with Gasteiger partial charge in [0.25, 0.3) is 5.56 Å². The number of thiazole rings is 1. The largest absolute Gasteiger partial charge is 0.324 e. The number of anilines is 2. The van der Waals surface area contributed by atoms with E-state index in [-0.39, 0.29) is 17.0 Å². The Morgan fingerprint density at radius 3 is 2.76 bits per heavy atom. The number of rotatable bonds is 4. The average molecular weight is 496 g/mol. The summed E-state index contributed by atoms with van der Waals surface area (Å²) in [6, 6.07) is 6.47. The molecule has 8 nitrogen and oxygen atoms in total. The minimum absolute atomic E-state index is 0.0889. The molecule has 0 unspecified atom stereocenters. The highest BCUT2D eigenvalue weighted by atomic mass is 35.5. The lowest BCUT2D eigenvalue weighted by atomic mass is 9.93. The molecule has 10 heteroatoms. The summed E-state index contributed by atoms with van der Waals surface area (Å²) in [7, 11) is 0. The third-order valence-electron chi connectivity index (χ3n) is 6.33. The molecule has 1 saturated carbocycles. The first-order chi connectivity index (χ1) is 16.3. The Morgan fingerprint density at radius 1 is 1.21 bits per heavy atom. The van der Waals surface area contributed by atoms with Crippen LogP contribution in [-0.4, -0.2) is 30.9 Å². The van der Waals surface area contributed by atoms with Crippen LogP contribution in [-0.2, 0) is 18.4 Å². The van der Waals surface area contributed by atoms with E-state index in [1.165, 1.54) is 22.5 Å². The lowest BCUT2D eigenvalue weighted by Gasteiger charge is -2.18. The number of hydrogen-bond donors (Lipinski definition) is 2. The number of aromatic nitrogens is 5. The van der Waals surface area contributed by atoms with Crippen molar-refractivity contribution in [2.45, 2.75) is 58.0 Å². The van der Waals surface area contributed by atoms with Crippen LogP contribution in [0.25, 0.3) is 16.2 Å². The molecule has 0 saturated heterocycles. The van der Waals surface area contributed by atoms with Crippen LogP contribution in [0.15, 0.2) is 29.2 Å². The smallest absolute Gasteiger partial charge is 0.278 e. The lowest BCUT2D eigenvalue weighted by Crippen LogP contribution is -2.23. The molecule has 6 rings (SSSR count). The minimum atomic E-state index is -0.205. The van der Waals surface area contributed by atoms with Crippen molar-refractivity contribution in [3.63, 3.8) is 0 Å². The van der Waals surface area contributed by atoms with Crippen molar-refractivity contribution in [1.82, 2.24) is 29.6 Å². The molecule has 0 radical (unpaired) electrons. The minimum Gasteiger partial charge on any atom is -0.324 e. The maximum absolute atomic E-state index is 13.3. The Morgan fingerprint density at radius 2 is 2.03 bits per heavy atom. The second kappa shape index (κ2) is 7.90. The topological polar surface area (TPSA) is 89.7 Å². The average Bonchev–Trinajstić information content (AvgIpc) is 3.50. The molecule has 1 aromatic carbocycles. The van der Waals surface area contributed by atoms with Crippen LogP contribution in [0.1, 0.15) is 56.5 Å². The van der Waals surface area contributed by atoms with Gasteiger partial charge in [-0.15, -0.1) is 0 Å². The Labute approximate surface area is 206 Å². The van der Waals surface area contributed by atoms with Gasteiger partial charge >= 0.3 is 0 Å². The number of fused-ring (bicyclic) bond motifs is 2. The molecule has 2 N–H and O–H groups in total. The van der Waals surface area contributed by atoms with Gasteiger partial charge in [0.1, 0.15) is 9.72 Å². The standard InChI is InChI=1S/C24H26ClN7OS/c1-24(2,3)18-19(25)34-23(29-18)32-20-17(21(33)31(32)16-6-7-16)12-27-22(30-20)28-15-5-4-14-11-26-9-8-13(14)10-15/h4-5,10,12,16,26H,6-9,11H2,1-3H3,(H,27,28,30). The highest BCUT2D eigenvalue weighted by Crippen LogP contribution is 2.39. The van der Waals surface area contributed by atoms with Crippen LogP contribution in [0, 0.1) is 0 Å². The van der Waals surface area contributed by atoms with Gasteiger partial charge in [0, 0.05) is 23.8 Å². The molecule has 0 spiro atoms. The van der Waals surface area contributed by atoms with E-state index < -0.39 is 0 Å². The van der Waals surface area contributed by atoms with Crippen LogP contribution >= 0.6 is 22.9 Å². The number of halogens is 1. The highest BCUT2D eigenvalue weighted by molar-refractivity contribution is 7.18. The van der Waals surface area contributed by atoms with Crippen molar-refractivity contribution < 1.29 is 0 Å². The summed E-state index contributed by atoms with van der Waals surface area (Å²) in [5, 5.41) is 7.86. The summed E-state index contributed by atoms with van der Waals surface area (Å²) in [5.41, 5.74) is 4.65. The normalized spacial score (nSPS) is 16.1. The zero-order valence-electron chi connectivity index (χ0n) is 19.4. The fraction of sp³-hybridized carbons (Fsp3) is 0.417. The fourth-order valence-electron chi connectivity index (χ4n) is 4.42. The first-order valence-electron chi connectivity index (χ1n) is 11.6. The molecule has 176 valence electrons. The van der Waals surface area contributed by atoms with Gasteiger partial charge in [-0.05, 0) is 49.1 Å². The van der Waals surface area contributed by atoms with Crippen molar-refractivity contribution in [2.75, 3.05) is 11.9 Å². The molecule has 4 aromatic rings. The van der Waals surface area contributed by atoms with Gasteiger partial charge in [0.15, 0.2) is 5.65 Å². The number of hydrogen-bond acceptors (Lipinski definition) is 7. The van der Waals surface area contributed by atoms with Gasteiger partial charge in [0.2, 0.25) is 11.1 Å². The lowest BCUT2D eigenvalue weighted by molar-refractivity contribution is 0.546. The third-order valence-corrected chi connectivity index (χ3v) is 7.56. The maximum atomic E-state index is 13.3. The quantitative estimate of drug-likeness (QED) is 0.426. The van der Waals surface area contributed by atoms with Gasteiger partial charge in [-0.25, -0.2) is 19.3 Å². The molecular weight excluding hydrogens is 470 g/mol. The Balaban J connectivity index is 1.46. The van der Waals surface area contributed by atoms with Crippen LogP contribution in [0.4, 0.5) is 11.6 Å². The molecule has 3 aromatic heterocycles. The van der Waals surface area contributed by atoms with E-state index in [2.05, 4.69) is 48.5 Å². The summed E-state index contributed by atoms with van der Waals surface area (Å²) in [5.74, 6) is 0.446. The molecule has 1 aliphatic heterocycles. The van der Waals surface area contributed by atoms with Crippen molar-refractivity contribution in [1.29, 1.82) is 0 Å². The summed E-state index contributed by atoms with van der Waals surface area (Å²) in [6.07, 6.45) is 4.54. The van der Waals surface area contributed by atoms with Crippen molar-refractivity contribution >= 4 is 45.6 Å². The summed E-state index contributed by atoms with van der Waals surface area (Å²) < 4.78 is 4.25. The second-order valence-electron chi connectivity index (χ2n) is 10.0. The van der Waals surface area contributed by atoms with E-state index in [1.54, 1.807) is 10.9 Å². The fourth-order valence-corrected chi connectivity index (χ4v) is 5.96. The second-order valence-corrected chi connectivity index (χ2v) is 11.6. The van der Waals surface area contributed by atoms with Crippen LogP contribution in [0.3, 0.4) is 0 Å². The molecule has 1 aliphatic carbocycles. The Kier molecular flexibility index (Phi) is 5.05. The molecule has 0 amide bonds. The zero-order valence-corrected chi connectivity index (χ0v) is 20.9. The van der Waals surface area contributed by atoms with E-state index in [0.717, 1.165) is 43.7 Å². The van der Waals surface area contributed by atoms with Crippen molar-refractivity contribution in [3.8, 4) is 5.13 Å². The predicted octanol–water partition coefficient (Wildman–Crippen LogP) is 4.71. The molecular formula is C24H26ClN7OS. The zero-order chi connectivity index (χ0) is 23.6. The molecule has 0 bridgehead atoms. The van der Waals surface area contributed by atoms with Gasteiger partial charge in [0.05, 0.1) is 11.7 Å². The van der Waals surface area contributed by atoms with Gasteiger partial charge < -0.3 is 10.6 Å². The Bertz CT molecular complexity index is 1480. The van der Waals surface area contributed by atoms with Crippen LogP contribution < -0.4 is 16.2 Å². The first-order valence-corrected chi connectivity index (χ1v) is 12.8. The first kappa shape index (κ1) is 21.8. The van der Waals surface area contributed by atoms with Crippen LogP contribution in [0.5, 0.6) is 0 Å². The van der Waals surface area contributed by atoms with E-state index in [4.69, 9.17) is 21.6 Å². The van der Waals surface area contributed by atoms with Crippen molar-refractivity contribution in [3.05, 3.63) is 55.9 Å². The SMILES string of the molecule is CC(C)(C)c1nc(-n2c3nc(Nc4ccc5c(c4)CCNC5)ncc3c(=O)n2C2CC2)sc1Cl. The van der Waals surface area contributed by atoms with Gasteiger partial charge in [-0.2, -0.15) is 4.98 Å². The van der Waals surface area contributed by atoms with E-state index in [0.29, 0.717) is 26.4 Å². The number of benzene rings is 1. The van der Waals surface area contributed by atoms with Gasteiger partial charge in [-0.3, -0.25) is 4.79 Å². The Hall–Kier alpha value is -2.75. The van der Waals surface area contributed by atoms with E-state index in [9.17, 15) is 4.79 Å².